The van der Waals surface area contributed by atoms with Crippen molar-refractivity contribution < 1.29 is 52.1 Å². The van der Waals surface area contributed by atoms with Gasteiger partial charge in [-0.05, 0) is 62.1 Å². The lowest BCUT2D eigenvalue weighted by atomic mass is 10.0. The fourth-order valence-electron chi connectivity index (χ4n) is 8.52. The lowest BCUT2D eigenvalue weighted by molar-refractivity contribution is -0.0473. The van der Waals surface area contributed by atoms with E-state index in [4.69, 9.17) is 88.6 Å². The molecule has 62 heavy (non-hydrogen) atoms. The number of fused-ring (bicyclic) bond motifs is 2. The smallest absolute Gasteiger partial charge is 0.338 e. The van der Waals surface area contributed by atoms with Crippen LogP contribution >= 0.6 is 46.4 Å². The van der Waals surface area contributed by atoms with Crippen LogP contribution < -0.4 is 0 Å². The summed E-state index contributed by atoms with van der Waals surface area (Å²) < 4.78 is 52.6. The zero-order valence-corrected chi connectivity index (χ0v) is 36.2. The van der Waals surface area contributed by atoms with Crippen LogP contribution in [-0.2, 0) is 46.4 Å². The monoisotopic (exact) mass is 926 g/mol. The van der Waals surface area contributed by atoms with Crippen LogP contribution in [0.2, 0.25) is 20.1 Å². The second-order valence-electron chi connectivity index (χ2n) is 16.3. The van der Waals surface area contributed by atoms with Crippen LogP contribution in [-0.4, -0.2) is 96.6 Å². The number of carbonyl (C=O) groups excluding carboxylic acids is 1. The fraction of sp³-hybridized carbons (Fsp3) is 0.444. The Balaban J connectivity index is 0.000000153. The minimum absolute atomic E-state index is 0.247. The summed E-state index contributed by atoms with van der Waals surface area (Å²) in [6.07, 6.45) is 1.30. The standard InChI is InChI=1S/C26H23Cl2NO6.C19H19Cl2NO5/c27-17-7-4-8-18(28)21(17)22-16(23(35-29-22)14-9-10-14)11-31-19-12-32-25-20(13-33-24(19)25)34-26(30)15-5-2-1-3-6-15;20-11-2-1-3-12(21)15(11)16-10(17(27-22-16)9-4-5-9)6-24-14-8-26-18-13(23)7-25-19(14)18/h1-8,14,19-20,24-25H,9-13H2;1-3,9,13-14,18-19,23H,4-8H2/t19-,20-,24+,25+;13-,14-,18+,19+/m00/s1. The van der Waals surface area contributed by atoms with Crippen LogP contribution in [0.3, 0.4) is 0 Å². The second-order valence-corrected chi connectivity index (χ2v) is 17.9. The number of benzene rings is 3. The van der Waals surface area contributed by atoms with E-state index in [-0.39, 0.29) is 56.4 Å². The SMILES string of the molecule is O=C(O[C@H]1CO[C@H]2[C@@H]1OC[C@@H]2OCc1c(-c2c(Cl)cccc2Cl)noc1C1CC1)c1ccccc1.O[C@H]1CO[C@H]2[C@@H]1OC[C@@H]2OCc1c(-c2c(Cl)cccc2Cl)noc1C1CC1. The van der Waals surface area contributed by atoms with Crippen LogP contribution in [0.15, 0.2) is 75.8 Å². The number of carbonyl (C=O) groups is 1. The van der Waals surface area contributed by atoms with E-state index in [2.05, 4.69) is 10.3 Å². The molecular weight excluding hydrogens is 886 g/mol. The van der Waals surface area contributed by atoms with Gasteiger partial charge in [0.2, 0.25) is 0 Å². The first kappa shape index (κ1) is 42.4. The maximum Gasteiger partial charge on any atom is 0.338 e. The van der Waals surface area contributed by atoms with Crippen molar-refractivity contribution >= 4 is 52.4 Å². The van der Waals surface area contributed by atoms with Gasteiger partial charge in [0.1, 0.15) is 65.6 Å². The molecule has 13 nitrogen and oxygen atoms in total. The van der Waals surface area contributed by atoms with Gasteiger partial charge in [-0.15, -0.1) is 0 Å². The predicted octanol–water partition coefficient (Wildman–Crippen LogP) is 9.00. The summed E-state index contributed by atoms with van der Waals surface area (Å²) in [4.78, 5) is 12.5. The zero-order valence-electron chi connectivity index (χ0n) is 33.1. The Kier molecular flexibility index (Phi) is 12.4. The van der Waals surface area contributed by atoms with Crippen molar-refractivity contribution in [1.29, 1.82) is 0 Å². The third kappa shape index (κ3) is 8.55. The minimum Gasteiger partial charge on any atom is -0.453 e. The first-order valence-electron chi connectivity index (χ1n) is 20.7. The van der Waals surface area contributed by atoms with E-state index in [0.717, 1.165) is 48.3 Å². The number of hydrogen-bond donors (Lipinski definition) is 1. The number of hydrogen-bond acceptors (Lipinski definition) is 13. The molecule has 0 amide bonds. The first-order chi connectivity index (χ1) is 30.2. The van der Waals surface area contributed by atoms with Crippen molar-refractivity contribution in [1.82, 2.24) is 10.3 Å². The van der Waals surface area contributed by atoms with Crippen LogP contribution in [0.4, 0.5) is 0 Å². The summed E-state index contributed by atoms with van der Waals surface area (Å²) in [5.74, 6) is 1.95. The van der Waals surface area contributed by atoms with Gasteiger partial charge in [-0.2, -0.15) is 0 Å². The summed E-state index contributed by atoms with van der Waals surface area (Å²) in [7, 11) is 0. The van der Waals surface area contributed by atoms with Crippen LogP contribution in [0.1, 0.15) is 70.5 Å². The van der Waals surface area contributed by atoms with Crippen molar-refractivity contribution in [2.24, 2.45) is 0 Å². The minimum atomic E-state index is -0.598. The van der Waals surface area contributed by atoms with Gasteiger partial charge in [0, 0.05) is 34.1 Å². The van der Waals surface area contributed by atoms with E-state index in [9.17, 15) is 9.90 Å². The molecule has 2 saturated carbocycles. The van der Waals surface area contributed by atoms with E-state index in [0.29, 0.717) is 79.8 Å². The van der Waals surface area contributed by atoms with Crippen molar-refractivity contribution in [2.75, 3.05) is 26.4 Å². The van der Waals surface area contributed by atoms with Crippen LogP contribution in [0, 0.1) is 0 Å². The highest BCUT2D eigenvalue weighted by Gasteiger charge is 2.51. The number of ether oxygens (including phenoxy) is 7. The molecule has 326 valence electrons. The quantitative estimate of drug-likeness (QED) is 0.119. The third-order valence-corrected chi connectivity index (χ3v) is 13.3. The molecule has 8 atom stereocenters. The largest absolute Gasteiger partial charge is 0.453 e. The molecule has 4 saturated heterocycles. The average Bonchev–Trinajstić information content (AvgIpc) is 3.94. The predicted molar refractivity (Wildman–Crippen MR) is 226 cm³/mol. The number of aromatic nitrogens is 2. The Morgan fingerprint density at radius 2 is 1.02 bits per heavy atom. The molecule has 2 aliphatic carbocycles. The number of esters is 1. The topological polar surface area (TPSA) is 154 Å². The number of nitrogens with zero attached hydrogens (tertiary/aromatic N) is 2. The van der Waals surface area contributed by atoms with Crippen molar-refractivity contribution in [3.05, 3.63) is 115 Å². The van der Waals surface area contributed by atoms with Gasteiger partial charge < -0.3 is 47.3 Å². The fourth-order valence-corrected chi connectivity index (χ4v) is 9.67. The van der Waals surface area contributed by atoms with E-state index in [1.807, 2.05) is 6.07 Å². The Hall–Kier alpha value is -3.57. The molecule has 0 radical (unpaired) electrons. The van der Waals surface area contributed by atoms with E-state index in [1.54, 1.807) is 60.7 Å². The number of halogens is 4. The van der Waals surface area contributed by atoms with Gasteiger partial charge >= 0.3 is 5.97 Å². The molecule has 2 aromatic heterocycles. The summed E-state index contributed by atoms with van der Waals surface area (Å²) in [5, 5.41) is 20.5. The highest BCUT2D eigenvalue weighted by atomic mass is 35.5. The highest BCUT2D eigenvalue weighted by Crippen LogP contribution is 2.48. The van der Waals surface area contributed by atoms with Gasteiger partial charge in [-0.3, -0.25) is 0 Å². The number of rotatable bonds is 12. The van der Waals surface area contributed by atoms with Gasteiger partial charge in [0.15, 0.2) is 6.10 Å². The summed E-state index contributed by atoms with van der Waals surface area (Å²) in [6.45, 7) is 1.80. The molecule has 3 aromatic carbocycles. The molecule has 6 fully saturated rings. The van der Waals surface area contributed by atoms with Crippen molar-refractivity contribution in [3.8, 4) is 22.5 Å². The lowest BCUT2D eigenvalue weighted by Gasteiger charge is -2.18. The van der Waals surface area contributed by atoms with Gasteiger partial charge in [0.05, 0.1) is 65.3 Å². The normalized spacial score (nSPS) is 27.5. The molecule has 0 spiro atoms. The van der Waals surface area contributed by atoms with E-state index >= 15 is 0 Å². The molecule has 6 aliphatic rings. The maximum absolute atomic E-state index is 12.5. The number of aliphatic hydroxyl groups excluding tert-OH is 1. The van der Waals surface area contributed by atoms with Crippen molar-refractivity contribution in [3.63, 3.8) is 0 Å². The molecule has 0 bridgehead atoms. The molecule has 11 rings (SSSR count). The second kappa shape index (κ2) is 18.1. The lowest BCUT2D eigenvalue weighted by Crippen LogP contribution is -2.35. The Labute approximate surface area is 376 Å². The molecule has 5 aromatic rings. The van der Waals surface area contributed by atoms with Crippen molar-refractivity contribution in [2.45, 2.75) is 99.6 Å². The summed E-state index contributed by atoms with van der Waals surface area (Å²) >= 11 is 25.7. The molecule has 0 unspecified atom stereocenters. The Bertz CT molecular complexity index is 2370. The average molecular weight is 929 g/mol. The molecular formula is C45H42Cl4N2O11. The van der Waals surface area contributed by atoms with Gasteiger partial charge in [-0.25, -0.2) is 4.79 Å². The first-order valence-corrected chi connectivity index (χ1v) is 22.2. The molecule has 1 N–H and O–H groups in total. The highest BCUT2D eigenvalue weighted by molar-refractivity contribution is 6.39. The van der Waals surface area contributed by atoms with E-state index in [1.165, 1.54) is 0 Å². The molecule has 4 aliphatic heterocycles. The Morgan fingerprint density at radius 3 is 1.52 bits per heavy atom. The van der Waals surface area contributed by atoms with Gasteiger partial charge in [-0.1, -0.05) is 87.0 Å². The zero-order chi connectivity index (χ0) is 42.5. The maximum atomic E-state index is 12.5. The van der Waals surface area contributed by atoms with Gasteiger partial charge in [0.25, 0.3) is 0 Å². The molecule has 17 heteroatoms. The van der Waals surface area contributed by atoms with E-state index < -0.39 is 18.2 Å². The van der Waals surface area contributed by atoms with Crippen LogP contribution in [0.5, 0.6) is 0 Å². The van der Waals surface area contributed by atoms with Crippen LogP contribution in [0.25, 0.3) is 22.5 Å². The number of aliphatic hydroxyl groups is 1. The third-order valence-electron chi connectivity index (χ3n) is 12.0. The molecule has 6 heterocycles. The summed E-state index contributed by atoms with van der Waals surface area (Å²) in [5.41, 5.74) is 4.71. The summed E-state index contributed by atoms with van der Waals surface area (Å²) in [6, 6.07) is 19.6. The Morgan fingerprint density at radius 1 is 0.581 bits per heavy atom.